The molecule has 0 unspecified atom stereocenters. The molecule has 1 N–H and O–H groups in total. The summed E-state index contributed by atoms with van der Waals surface area (Å²) in [4.78, 5) is 5.76. The highest BCUT2D eigenvalue weighted by atomic mass is 16.6. The van der Waals surface area contributed by atoms with Crippen molar-refractivity contribution < 1.29 is 4.84 Å². The van der Waals surface area contributed by atoms with Gasteiger partial charge in [-0.2, -0.15) is 5.48 Å². The van der Waals surface area contributed by atoms with Gasteiger partial charge in [-0.25, -0.2) is 0 Å². The van der Waals surface area contributed by atoms with Crippen LogP contribution in [0.4, 0.5) is 0 Å². The summed E-state index contributed by atoms with van der Waals surface area (Å²) < 4.78 is 0. The molecule has 0 aromatic heterocycles. The SMILES string of the molecule is CCNOc1c(CC)cc2ccccc2c1CC. The number of aryl methyl sites for hydroxylation is 2. The van der Waals surface area contributed by atoms with Gasteiger partial charge in [0.15, 0.2) is 5.75 Å². The van der Waals surface area contributed by atoms with Gasteiger partial charge in [-0.05, 0) is 42.2 Å². The van der Waals surface area contributed by atoms with Crippen LogP contribution in [-0.4, -0.2) is 6.54 Å². The minimum Gasteiger partial charge on any atom is -0.408 e. The minimum absolute atomic E-state index is 0.805. The Hall–Kier alpha value is -1.54. The molecule has 0 saturated carbocycles. The molecule has 96 valence electrons. The van der Waals surface area contributed by atoms with E-state index in [1.54, 1.807) is 0 Å². The Bertz CT molecular complexity index is 534. The predicted octanol–water partition coefficient (Wildman–Crippen LogP) is 3.87. The van der Waals surface area contributed by atoms with E-state index in [4.69, 9.17) is 4.84 Å². The lowest BCUT2D eigenvalue weighted by atomic mass is 9.96. The number of hydroxylamine groups is 1. The third-order valence-electron chi connectivity index (χ3n) is 3.23. The minimum atomic E-state index is 0.805. The van der Waals surface area contributed by atoms with Crippen molar-refractivity contribution in [3.05, 3.63) is 41.5 Å². The lowest BCUT2D eigenvalue weighted by Crippen LogP contribution is -2.19. The molecule has 2 heteroatoms. The fraction of sp³-hybridized carbons (Fsp3) is 0.375. The van der Waals surface area contributed by atoms with E-state index in [2.05, 4.69) is 49.7 Å². The molecule has 0 aliphatic carbocycles. The van der Waals surface area contributed by atoms with E-state index in [0.717, 1.165) is 25.1 Å². The second-order valence-corrected chi connectivity index (χ2v) is 4.37. The van der Waals surface area contributed by atoms with Crippen molar-refractivity contribution in [2.45, 2.75) is 33.6 Å². The average molecular weight is 243 g/mol. The number of nitrogens with one attached hydrogen (secondary N) is 1. The van der Waals surface area contributed by atoms with E-state index in [1.165, 1.54) is 21.9 Å². The zero-order valence-electron chi connectivity index (χ0n) is 11.4. The standard InChI is InChI=1S/C16H21NO/c1-4-12-11-13-9-7-8-10-15(13)14(5-2)16(12)18-17-6-3/h7-11,17H,4-6H2,1-3H3. The Labute approximate surface area is 109 Å². The third kappa shape index (κ3) is 2.34. The van der Waals surface area contributed by atoms with E-state index in [0.29, 0.717) is 0 Å². The molecular weight excluding hydrogens is 222 g/mol. The van der Waals surface area contributed by atoms with Crippen LogP contribution in [-0.2, 0) is 12.8 Å². The maximum Gasteiger partial charge on any atom is 0.154 e. The zero-order chi connectivity index (χ0) is 13.0. The van der Waals surface area contributed by atoms with Crippen LogP contribution in [0.15, 0.2) is 30.3 Å². The first-order valence-electron chi connectivity index (χ1n) is 6.74. The maximum absolute atomic E-state index is 5.76. The second-order valence-electron chi connectivity index (χ2n) is 4.37. The van der Waals surface area contributed by atoms with Crippen LogP contribution < -0.4 is 10.3 Å². The van der Waals surface area contributed by atoms with E-state index >= 15 is 0 Å². The van der Waals surface area contributed by atoms with Crippen LogP contribution in [0.3, 0.4) is 0 Å². The zero-order valence-corrected chi connectivity index (χ0v) is 11.4. The molecule has 0 amide bonds. The first-order valence-corrected chi connectivity index (χ1v) is 6.74. The van der Waals surface area contributed by atoms with Gasteiger partial charge in [0.1, 0.15) is 0 Å². The maximum atomic E-state index is 5.76. The summed E-state index contributed by atoms with van der Waals surface area (Å²) in [5, 5.41) is 2.60. The van der Waals surface area contributed by atoms with Gasteiger partial charge in [-0.1, -0.05) is 38.1 Å². The third-order valence-corrected chi connectivity index (χ3v) is 3.23. The highest BCUT2D eigenvalue weighted by Crippen LogP contribution is 2.32. The van der Waals surface area contributed by atoms with E-state index < -0.39 is 0 Å². The summed E-state index contributed by atoms with van der Waals surface area (Å²) in [7, 11) is 0. The van der Waals surface area contributed by atoms with E-state index in [-0.39, 0.29) is 0 Å². The van der Waals surface area contributed by atoms with Gasteiger partial charge in [0.2, 0.25) is 0 Å². The summed E-state index contributed by atoms with van der Waals surface area (Å²) in [6.45, 7) is 7.19. The fourth-order valence-electron chi connectivity index (χ4n) is 2.35. The van der Waals surface area contributed by atoms with Crippen molar-refractivity contribution in [1.82, 2.24) is 5.48 Å². The molecule has 2 rings (SSSR count). The van der Waals surface area contributed by atoms with Crippen LogP contribution >= 0.6 is 0 Å². The number of fused-ring (bicyclic) bond motifs is 1. The molecule has 0 radical (unpaired) electrons. The van der Waals surface area contributed by atoms with Crippen LogP contribution in [0, 0.1) is 0 Å². The molecular formula is C16H21NO. The Morgan fingerprint density at radius 1 is 1.06 bits per heavy atom. The lowest BCUT2D eigenvalue weighted by molar-refractivity contribution is 0.199. The number of hydrogen-bond acceptors (Lipinski definition) is 2. The number of benzene rings is 2. The summed E-state index contributed by atoms with van der Waals surface area (Å²) in [6.07, 6.45) is 1.97. The molecule has 18 heavy (non-hydrogen) atoms. The van der Waals surface area contributed by atoms with Gasteiger partial charge in [0, 0.05) is 12.1 Å². The largest absolute Gasteiger partial charge is 0.408 e. The van der Waals surface area contributed by atoms with Crippen molar-refractivity contribution >= 4 is 10.8 Å². The van der Waals surface area contributed by atoms with Crippen molar-refractivity contribution in [1.29, 1.82) is 0 Å². The summed E-state index contributed by atoms with van der Waals surface area (Å²) in [6, 6.07) is 10.8. The second kappa shape index (κ2) is 5.87. The Morgan fingerprint density at radius 2 is 1.83 bits per heavy atom. The molecule has 0 bridgehead atoms. The molecule has 0 aliphatic heterocycles. The normalized spacial score (nSPS) is 10.8. The highest BCUT2D eigenvalue weighted by molar-refractivity contribution is 5.89. The monoisotopic (exact) mass is 243 g/mol. The first kappa shape index (κ1) is 12.9. The van der Waals surface area contributed by atoms with Gasteiger partial charge in [0.05, 0.1) is 0 Å². The molecule has 0 spiro atoms. The van der Waals surface area contributed by atoms with Crippen LogP contribution in [0.5, 0.6) is 5.75 Å². The van der Waals surface area contributed by atoms with Gasteiger partial charge in [-0.15, -0.1) is 0 Å². The average Bonchev–Trinajstić information content (AvgIpc) is 2.43. The molecule has 2 nitrogen and oxygen atoms in total. The Balaban J connectivity index is 2.63. The predicted molar refractivity (Wildman–Crippen MR) is 77.0 cm³/mol. The van der Waals surface area contributed by atoms with Crippen molar-refractivity contribution in [3.63, 3.8) is 0 Å². The summed E-state index contributed by atoms with van der Waals surface area (Å²) >= 11 is 0. The molecule has 0 saturated heterocycles. The Kier molecular flexibility index (Phi) is 4.21. The molecule has 0 aliphatic rings. The first-order chi connectivity index (χ1) is 8.81. The number of hydrogen-bond donors (Lipinski definition) is 1. The van der Waals surface area contributed by atoms with Crippen molar-refractivity contribution in [2.75, 3.05) is 6.54 Å². The van der Waals surface area contributed by atoms with Gasteiger partial charge >= 0.3 is 0 Å². The highest BCUT2D eigenvalue weighted by Gasteiger charge is 2.12. The van der Waals surface area contributed by atoms with Crippen LogP contribution in [0.25, 0.3) is 10.8 Å². The fourth-order valence-corrected chi connectivity index (χ4v) is 2.35. The van der Waals surface area contributed by atoms with Crippen LogP contribution in [0.2, 0.25) is 0 Å². The number of rotatable bonds is 5. The summed E-state index contributed by atoms with van der Waals surface area (Å²) in [5.41, 5.74) is 5.55. The lowest BCUT2D eigenvalue weighted by Gasteiger charge is -2.16. The Morgan fingerprint density at radius 3 is 2.50 bits per heavy atom. The van der Waals surface area contributed by atoms with E-state index in [9.17, 15) is 0 Å². The molecule has 2 aromatic carbocycles. The molecule has 2 aromatic rings. The molecule has 0 fully saturated rings. The molecule has 0 heterocycles. The topological polar surface area (TPSA) is 21.3 Å². The summed E-state index contributed by atoms with van der Waals surface area (Å²) in [5.74, 6) is 1.01. The quantitative estimate of drug-likeness (QED) is 0.805. The van der Waals surface area contributed by atoms with Crippen molar-refractivity contribution in [3.8, 4) is 5.75 Å². The van der Waals surface area contributed by atoms with Crippen molar-refractivity contribution in [2.24, 2.45) is 0 Å². The van der Waals surface area contributed by atoms with Crippen LogP contribution in [0.1, 0.15) is 31.9 Å². The van der Waals surface area contributed by atoms with Gasteiger partial charge in [0.25, 0.3) is 0 Å². The van der Waals surface area contributed by atoms with Gasteiger partial charge < -0.3 is 4.84 Å². The van der Waals surface area contributed by atoms with E-state index in [1.807, 2.05) is 6.92 Å². The van der Waals surface area contributed by atoms with Gasteiger partial charge in [-0.3, -0.25) is 0 Å². The molecule has 0 atom stereocenters. The smallest absolute Gasteiger partial charge is 0.154 e.